The average Bonchev–Trinajstić information content (AvgIpc) is 3.13. The number of ketones is 1. The van der Waals surface area contributed by atoms with E-state index in [0.29, 0.717) is 12.6 Å². The van der Waals surface area contributed by atoms with E-state index in [4.69, 9.17) is 4.74 Å². The molecule has 2 aliphatic heterocycles. The standard InChI is InChI=1S/C18H23NO2/c20-17(14-5-6-18-15(11-14)8-10-21-18)12-19-9-7-13-3-1-2-4-16(13)19/h5-6,11,13,16H,1-4,7-10,12H2. The summed E-state index contributed by atoms with van der Waals surface area (Å²) in [6.07, 6.45) is 7.60. The van der Waals surface area contributed by atoms with Gasteiger partial charge in [0.05, 0.1) is 13.2 Å². The number of carbonyl (C=O) groups is 1. The van der Waals surface area contributed by atoms with E-state index < -0.39 is 0 Å². The number of fused-ring (bicyclic) bond motifs is 2. The van der Waals surface area contributed by atoms with Crippen molar-refractivity contribution in [1.82, 2.24) is 4.90 Å². The molecule has 2 heterocycles. The fourth-order valence-corrected chi connectivity index (χ4v) is 4.34. The van der Waals surface area contributed by atoms with E-state index in [1.807, 2.05) is 18.2 Å². The van der Waals surface area contributed by atoms with Gasteiger partial charge in [-0.15, -0.1) is 0 Å². The van der Waals surface area contributed by atoms with Gasteiger partial charge < -0.3 is 4.74 Å². The minimum absolute atomic E-state index is 0.274. The van der Waals surface area contributed by atoms with E-state index in [0.717, 1.165) is 36.8 Å². The minimum Gasteiger partial charge on any atom is -0.493 e. The molecule has 3 aliphatic rings. The summed E-state index contributed by atoms with van der Waals surface area (Å²) in [6.45, 7) is 2.46. The number of hydrogen-bond donors (Lipinski definition) is 0. The Kier molecular flexibility index (Phi) is 3.46. The van der Waals surface area contributed by atoms with Gasteiger partial charge in [0, 0.05) is 18.0 Å². The molecule has 1 saturated carbocycles. The number of benzene rings is 1. The van der Waals surface area contributed by atoms with Gasteiger partial charge in [-0.05, 0) is 55.5 Å². The quantitative estimate of drug-likeness (QED) is 0.799. The Morgan fingerprint density at radius 1 is 1.24 bits per heavy atom. The number of hydrogen-bond acceptors (Lipinski definition) is 3. The SMILES string of the molecule is O=C(CN1CCC2CCCCC21)c1ccc2c(c1)CCO2. The Morgan fingerprint density at radius 2 is 2.14 bits per heavy atom. The molecule has 2 fully saturated rings. The number of nitrogens with zero attached hydrogens (tertiary/aromatic N) is 1. The molecule has 1 aromatic carbocycles. The van der Waals surface area contributed by atoms with Crippen LogP contribution >= 0.6 is 0 Å². The summed E-state index contributed by atoms with van der Waals surface area (Å²) in [5.41, 5.74) is 2.05. The smallest absolute Gasteiger partial charge is 0.176 e. The van der Waals surface area contributed by atoms with Crippen molar-refractivity contribution in [1.29, 1.82) is 0 Å². The predicted octanol–water partition coefficient (Wildman–Crippen LogP) is 3.07. The summed E-state index contributed by atoms with van der Waals surface area (Å²) < 4.78 is 5.52. The highest BCUT2D eigenvalue weighted by atomic mass is 16.5. The first kappa shape index (κ1) is 13.3. The van der Waals surface area contributed by atoms with Crippen molar-refractivity contribution >= 4 is 5.78 Å². The van der Waals surface area contributed by atoms with Gasteiger partial charge in [0.2, 0.25) is 0 Å². The van der Waals surface area contributed by atoms with E-state index in [1.165, 1.54) is 37.7 Å². The third kappa shape index (κ3) is 2.48. The molecule has 0 radical (unpaired) electrons. The summed E-state index contributed by atoms with van der Waals surface area (Å²) in [5, 5.41) is 0. The largest absolute Gasteiger partial charge is 0.493 e. The van der Waals surface area contributed by atoms with Crippen LogP contribution in [0.25, 0.3) is 0 Å². The topological polar surface area (TPSA) is 29.5 Å². The van der Waals surface area contributed by atoms with Crippen LogP contribution in [0.5, 0.6) is 5.75 Å². The van der Waals surface area contributed by atoms with Crippen molar-refractivity contribution < 1.29 is 9.53 Å². The van der Waals surface area contributed by atoms with Crippen LogP contribution in [0.2, 0.25) is 0 Å². The molecule has 0 bridgehead atoms. The maximum Gasteiger partial charge on any atom is 0.176 e. The molecular formula is C18H23NO2. The Labute approximate surface area is 126 Å². The normalized spacial score (nSPS) is 28.0. The van der Waals surface area contributed by atoms with Gasteiger partial charge in [-0.25, -0.2) is 0 Å². The van der Waals surface area contributed by atoms with Gasteiger partial charge in [0.1, 0.15) is 5.75 Å². The van der Waals surface area contributed by atoms with Gasteiger partial charge in [-0.2, -0.15) is 0 Å². The summed E-state index contributed by atoms with van der Waals surface area (Å²) in [7, 11) is 0. The van der Waals surface area contributed by atoms with Crippen LogP contribution in [0.1, 0.15) is 48.0 Å². The lowest BCUT2D eigenvalue weighted by Gasteiger charge is -2.31. The van der Waals surface area contributed by atoms with E-state index in [9.17, 15) is 4.79 Å². The van der Waals surface area contributed by atoms with Crippen LogP contribution in [0, 0.1) is 5.92 Å². The molecule has 1 saturated heterocycles. The molecule has 0 N–H and O–H groups in total. The monoisotopic (exact) mass is 285 g/mol. The number of carbonyl (C=O) groups excluding carboxylic acids is 1. The van der Waals surface area contributed by atoms with Crippen LogP contribution in [-0.4, -0.2) is 36.4 Å². The molecule has 3 heteroatoms. The fourth-order valence-electron chi connectivity index (χ4n) is 4.34. The molecule has 2 unspecified atom stereocenters. The van der Waals surface area contributed by atoms with Gasteiger partial charge in [0.15, 0.2) is 5.78 Å². The molecule has 3 nitrogen and oxygen atoms in total. The van der Waals surface area contributed by atoms with Crippen LogP contribution in [0.3, 0.4) is 0 Å². The van der Waals surface area contributed by atoms with Gasteiger partial charge in [-0.3, -0.25) is 9.69 Å². The zero-order valence-electron chi connectivity index (χ0n) is 12.5. The third-order valence-corrected chi connectivity index (χ3v) is 5.48. The number of ether oxygens (including phenoxy) is 1. The summed E-state index contributed by atoms with van der Waals surface area (Å²) >= 11 is 0. The highest BCUT2D eigenvalue weighted by Crippen LogP contribution is 2.36. The number of likely N-dealkylation sites (tertiary alicyclic amines) is 1. The Bertz CT molecular complexity index is 554. The number of rotatable bonds is 3. The molecule has 1 aromatic rings. The van der Waals surface area contributed by atoms with Gasteiger partial charge in [-0.1, -0.05) is 12.8 Å². The lowest BCUT2D eigenvalue weighted by atomic mass is 9.85. The summed E-state index contributed by atoms with van der Waals surface area (Å²) in [6, 6.07) is 6.60. The van der Waals surface area contributed by atoms with Crippen molar-refractivity contribution in [3.05, 3.63) is 29.3 Å². The van der Waals surface area contributed by atoms with Gasteiger partial charge in [0.25, 0.3) is 0 Å². The van der Waals surface area contributed by atoms with Crippen molar-refractivity contribution in [2.45, 2.75) is 44.6 Å². The Hall–Kier alpha value is -1.35. The van der Waals surface area contributed by atoms with Crippen LogP contribution in [0.15, 0.2) is 18.2 Å². The summed E-state index contributed by atoms with van der Waals surface area (Å²) in [4.78, 5) is 15.0. The predicted molar refractivity (Wildman–Crippen MR) is 81.9 cm³/mol. The van der Waals surface area contributed by atoms with E-state index in [-0.39, 0.29) is 5.78 Å². The van der Waals surface area contributed by atoms with E-state index in [1.54, 1.807) is 0 Å². The van der Waals surface area contributed by atoms with E-state index in [2.05, 4.69) is 4.90 Å². The molecule has 2 atom stereocenters. The zero-order valence-corrected chi connectivity index (χ0v) is 12.5. The summed E-state index contributed by atoms with van der Waals surface area (Å²) in [5.74, 6) is 2.08. The Balaban J connectivity index is 1.46. The highest BCUT2D eigenvalue weighted by molar-refractivity contribution is 5.98. The van der Waals surface area contributed by atoms with Crippen molar-refractivity contribution in [3.63, 3.8) is 0 Å². The van der Waals surface area contributed by atoms with Crippen molar-refractivity contribution in [2.75, 3.05) is 19.7 Å². The first-order chi connectivity index (χ1) is 10.3. The molecular weight excluding hydrogens is 262 g/mol. The highest BCUT2D eigenvalue weighted by Gasteiger charge is 2.36. The molecule has 0 aromatic heterocycles. The minimum atomic E-state index is 0.274. The van der Waals surface area contributed by atoms with E-state index >= 15 is 0 Å². The number of Topliss-reactive ketones (excluding diaryl/α,β-unsaturated/α-hetero) is 1. The Morgan fingerprint density at radius 3 is 3.10 bits per heavy atom. The van der Waals surface area contributed by atoms with Gasteiger partial charge >= 0.3 is 0 Å². The molecule has 21 heavy (non-hydrogen) atoms. The van der Waals surface area contributed by atoms with Crippen LogP contribution < -0.4 is 4.74 Å². The molecule has 0 spiro atoms. The second kappa shape index (κ2) is 5.45. The zero-order chi connectivity index (χ0) is 14.2. The molecule has 1 aliphatic carbocycles. The molecule has 4 rings (SSSR count). The van der Waals surface area contributed by atoms with Crippen LogP contribution in [0.4, 0.5) is 0 Å². The first-order valence-electron chi connectivity index (χ1n) is 8.34. The molecule has 112 valence electrons. The van der Waals surface area contributed by atoms with Crippen molar-refractivity contribution in [3.8, 4) is 5.75 Å². The second-order valence-corrected chi connectivity index (χ2v) is 6.72. The molecule has 0 amide bonds. The second-order valence-electron chi connectivity index (χ2n) is 6.72. The maximum atomic E-state index is 12.6. The third-order valence-electron chi connectivity index (χ3n) is 5.48. The lowest BCUT2D eigenvalue weighted by Crippen LogP contribution is -2.38. The lowest BCUT2D eigenvalue weighted by molar-refractivity contribution is 0.0895. The average molecular weight is 285 g/mol. The first-order valence-corrected chi connectivity index (χ1v) is 8.34. The fraction of sp³-hybridized carbons (Fsp3) is 0.611. The van der Waals surface area contributed by atoms with Crippen molar-refractivity contribution in [2.24, 2.45) is 5.92 Å². The van der Waals surface area contributed by atoms with Crippen LogP contribution in [-0.2, 0) is 6.42 Å². The maximum absolute atomic E-state index is 12.6.